The predicted octanol–water partition coefficient (Wildman–Crippen LogP) is 5.19. The van der Waals surface area contributed by atoms with Gasteiger partial charge in [-0.3, -0.25) is 14.6 Å². The molecule has 1 fully saturated rings. The van der Waals surface area contributed by atoms with Crippen LogP contribution in [0, 0.1) is 0 Å². The van der Waals surface area contributed by atoms with E-state index < -0.39 is 0 Å². The maximum atomic E-state index is 13.2. The summed E-state index contributed by atoms with van der Waals surface area (Å²) in [4.78, 5) is 41.9. The molecular formula is C27H27N3O3S2. The van der Waals surface area contributed by atoms with Gasteiger partial charge in [0.15, 0.2) is 0 Å². The number of rotatable bonds is 10. The zero-order chi connectivity index (χ0) is 24.5. The Bertz CT molecular complexity index is 1200. The highest BCUT2D eigenvalue weighted by Gasteiger charge is 2.17. The number of hydrogen-bond donors (Lipinski definition) is 1. The highest BCUT2D eigenvalue weighted by atomic mass is 32.2. The monoisotopic (exact) mass is 505 g/mol. The predicted molar refractivity (Wildman–Crippen MR) is 146 cm³/mol. The Hall–Kier alpha value is -3.10. The molecule has 1 aliphatic heterocycles. The van der Waals surface area contributed by atoms with Crippen LogP contribution in [0.3, 0.4) is 0 Å². The molecule has 1 aliphatic rings. The second-order valence-electron chi connectivity index (χ2n) is 8.08. The molecular weight excluding hydrogens is 478 g/mol. The van der Waals surface area contributed by atoms with Gasteiger partial charge in [-0.05, 0) is 48.0 Å². The molecule has 2 aromatic carbocycles. The lowest BCUT2D eigenvalue weighted by Gasteiger charge is -2.29. The fourth-order valence-electron chi connectivity index (χ4n) is 3.86. The highest BCUT2D eigenvalue weighted by molar-refractivity contribution is 7.99. The Morgan fingerprint density at radius 1 is 1.09 bits per heavy atom. The molecule has 0 aliphatic carbocycles. The van der Waals surface area contributed by atoms with Crippen LogP contribution >= 0.6 is 23.5 Å². The normalized spacial score (nSPS) is 13.3. The zero-order valence-electron chi connectivity index (χ0n) is 19.3. The maximum Gasteiger partial charge on any atom is 0.255 e. The summed E-state index contributed by atoms with van der Waals surface area (Å²) in [5.74, 6) is 3.45. The van der Waals surface area contributed by atoms with Gasteiger partial charge in [0.1, 0.15) is 12.6 Å². The molecule has 0 bridgehead atoms. The number of nitrogens with zero attached hydrogens (tertiary/aromatic N) is 2. The quantitative estimate of drug-likeness (QED) is 0.300. The minimum absolute atomic E-state index is 0.209. The number of carbonyl (C=O) groups is 3. The minimum atomic E-state index is -0.209. The van der Waals surface area contributed by atoms with E-state index in [0.29, 0.717) is 28.9 Å². The van der Waals surface area contributed by atoms with E-state index in [1.54, 1.807) is 36.2 Å². The fraction of sp³-hybridized carbons (Fsp3) is 0.259. The summed E-state index contributed by atoms with van der Waals surface area (Å²) in [7, 11) is 0. The van der Waals surface area contributed by atoms with Crippen LogP contribution in [0.2, 0.25) is 0 Å². The van der Waals surface area contributed by atoms with Crippen molar-refractivity contribution in [2.45, 2.75) is 12.2 Å². The van der Waals surface area contributed by atoms with Gasteiger partial charge < -0.3 is 15.0 Å². The molecule has 1 N–H and O–H groups in total. The first-order valence-corrected chi connectivity index (χ1v) is 13.8. The van der Waals surface area contributed by atoms with Gasteiger partial charge in [0, 0.05) is 71.1 Å². The molecule has 0 unspecified atom stereocenters. The van der Waals surface area contributed by atoms with Crippen molar-refractivity contribution in [2.75, 3.05) is 40.6 Å². The largest absolute Gasteiger partial charge is 0.370 e. The van der Waals surface area contributed by atoms with Gasteiger partial charge in [0.05, 0.1) is 11.4 Å². The minimum Gasteiger partial charge on any atom is -0.370 e. The third-order valence-electron chi connectivity index (χ3n) is 5.66. The Morgan fingerprint density at radius 2 is 1.94 bits per heavy atom. The van der Waals surface area contributed by atoms with Crippen molar-refractivity contribution < 1.29 is 14.4 Å². The van der Waals surface area contributed by atoms with Gasteiger partial charge in [-0.1, -0.05) is 12.1 Å². The average Bonchev–Trinajstić information content (AvgIpc) is 2.92. The summed E-state index contributed by atoms with van der Waals surface area (Å²) in [6.45, 7) is 1.94. The molecule has 4 rings (SSSR count). The number of nitrogens with one attached hydrogen (secondary N) is 1. The number of carbonyl (C=O) groups excluding carboxylic acids is 3. The van der Waals surface area contributed by atoms with Crippen LogP contribution in [0.1, 0.15) is 32.7 Å². The fourth-order valence-corrected chi connectivity index (χ4v) is 5.58. The number of pyridine rings is 1. The van der Waals surface area contributed by atoms with E-state index >= 15 is 0 Å². The summed E-state index contributed by atoms with van der Waals surface area (Å²) < 4.78 is 0. The van der Waals surface area contributed by atoms with Gasteiger partial charge in [0.25, 0.3) is 5.91 Å². The van der Waals surface area contributed by atoms with Gasteiger partial charge in [-0.2, -0.15) is 23.5 Å². The van der Waals surface area contributed by atoms with Crippen molar-refractivity contribution in [3.05, 3.63) is 77.5 Å². The third kappa shape index (κ3) is 6.74. The summed E-state index contributed by atoms with van der Waals surface area (Å²) in [6, 6.07) is 16.9. The first kappa shape index (κ1) is 25.0. The lowest BCUT2D eigenvalue weighted by molar-refractivity contribution is -0.107. The van der Waals surface area contributed by atoms with Crippen molar-refractivity contribution in [3.63, 3.8) is 0 Å². The van der Waals surface area contributed by atoms with Gasteiger partial charge in [-0.25, -0.2) is 0 Å². The SMILES string of the molecule is O=CCCSCc1cccc(C(=O)Nc2ccc(N3CCSCC3)cc2-c2cc(C=O)ccn2)c1. The number of benzene rings is 2. The molecule has 0 atom stereocenters. The van der Waals surface area contributed by atoms with E-state index in [0.717, 1.165) is 65.5 Å². The van der Waals surface area contributed by atoms with Gasteiger partial charge >= 0.3 is 0 Å². The Labute approximate surface area is 213 Å². The summed E-state index contributed by atoms with van der Waals surface area (Å²) >= 11 is 3.62. The molecule has 180 valence electrons. The standard InChI is InChI=1S/C27H27N3O3S2/c31-11-2-12-35-19-21-3-1-4-22(15-21)27(33)29-25-6-5-23(30-9-13-34-14-10-30)17-24(25)26-16-20(18-32)7-8-28-26/h1,3-8,11,15-18H,2,9-10,12-14,19H2,(H,29,33). The van der Waals surface area contributed by atoms with Crippen LogP contribution in [0.4, 0.5) is 11.4 Å². The molecule has 8 heteroatoms. The summed E-state index contributed by atoms with van der Waals surface area (Å²) in [5, 5.41) is 3.05. The molecule has 1 amide bonds. The van der Waals surface area contributed by atoms with Crippen molar-refractivity contribution in [3.8, 4) is 11.3 Å². The smallest absolute Gasteiger partial charge is 0.255 e. The van der Waals surface area contributed by atoms with Crippen molar-refractivity contribution in [1.82, 2.24) is 4.98 Å². The number of anilines is 2. The molecule has 6 nitrogen and oxygen atoms in total. The van der Waals surface area contributed by atoms with E-state index in [2.05, 4.69) is 15.2 Å². The highest BCUT2D eigenvalue weighted by Crippen LogP contribution is 2.33. The molecule has 1 aromatic heterocycles. The topological polar surface area (TPSA) is 79.4 Å². The molecule has 0 saturated carbocycles. The van der Waals surface area contributed by atoms with E-state index in [4.69, 9.17) is 0 Å². The second kappa shape index (κ2) is 12.6. The number of aromatic nitrogens is 1. The lowest BCUT2D eigenvalue weighted by atomic mass is 10.0. The number of hydrogen-bond acceptors (Lipinski definition) is 7. The Balaban J connectivity index is 1.60. The van der Waals surface area contributed by atoms with Crippen LogP contribution in [0.15, 0.2) is 60.8 Å². The first-order valence-electron chi connectivity index (χ1n) is 11.5. The van der Waals surface area contributed by atoms with E-state index in [9.17, 15) is 14.4 Å². The summed E-state index contributed by atoms with van der Waals surface area (Å²) in [6.07, 6.45) is 3.86. The second-order valence-corrected chi connectivity index (χ2v) is 10.4. The van der Waals surface area contributed by atoms with E-state index in [1.807, 2.05) is 48.2 Å². The lowest BCUT2D eigenvalue weighted by Crippen LogP contribution is -2.32. The molecule has 3 aromatic rings. The number of thioether (sulfide) groups is 2. The van der Waals surface area contributed by atoms with Crippen LogP contribution in [-0.4, -0.2) is 53.8 Å². The molecule has 35 heavy (non-hydrogen) atoms. The Morgan fingerprint density at radius 3 is 2.74 bits per heavy atom. The third-order valence-corrected chi connectivity index (χ3v) is 7.67. The van der Waals surface area contributed by atoms with Gasteiger partial charge in [0.2, 0.25) is 0 Å². The summed E-state index contributed by atoms with van der Waals surface area (Å²) in [5.41, 5.74) is 5.27. The zero-order valence-corrected chi connectivity index (χ0v) is 20.9. The average molecular weight is 506 g/mol. The first-order chi connectivity index (χ1) is 17.2. The number of aldehydes is 2. The van der Waals surface area contributed by atoms with Gasteiger partial charge in [-0.15, -0.1) is 0 Å². The van der Waals surface area contributed by atoms with E-state index in [1.165, 1.54) is 0 Å². The molecule has 0 radical (unpaired) electrons. The molecule has 1 saturated heterocycles. The van der Waals surface area contributed by atoms with Crippen molar-refractivity contribution >= 4 is 53.4 Å². The number of amides is 1. The van der Waals surface area contributed by atoms with Crippen molar-refractivity contribution in [1.29, 1.82) is 0 Å². The van der Waals surface area contributed by atoms with Crippen LogP contribution < -0.4 is 10.2 Å². The molecule has 0 spiro atoms. The molecule has 2 heterocycles. The maximum absolute atomic E-state index is 13.2. The van der Waals surface area contributed by atoms with Crippen LogP contribution in [-0.2, 0) is 10.5 Å². The van der Waals surface area contributed by atoms with E-state index in [-0.39, 0.29) is 5.91 Å². The van der Waals surface area contributed by atoms with Crippen molar-refractivity contribution in [2.24, 2.45) is 0 Å². The van der Waals surface area contributed by atoms with Crippen LogP contribution in [0.5, 0.6) is 0 Å². The van der Waals surface area contributed by atoms with Crippen LogP contribution in [0.25, 0.3) is 11.3 Å². The Kier molecular flexibility index (Phi) is 8.97.